The van der Waals surface area contributed by atoms with Gasteiger partial charge in [0.25, 0.3) is 0 Å². The fourth-order valence-corrected chi connectivity index (χ4v) is 1.25. The molecule has 1 rings (SSSR count). The fraction of sp³-hybridized carbons (Fsp3) is 0.364. The van der Waals surface area contributed by atoms with Gasteiger partial charge in [-0.1, -0.05) is 6.92 Å². The zero-order chi connectivity index (χ0) is 12.1. The van der Waals surface area contributed by atoms with Crippen molar-refractivity contribution < 1.29 is 13.6 Å². The van der Waals surface area contributed by atoms with E-state index in [1.807, 2.05) is 0 Å². The minimum absolute atomic E-state index is 0.132. The third kappa shape index (κ3) is 3.27. The van der Waals surface area contributed by atoms with Crippen LogP contribution in [0.25, 0.3) is 0 Å². The number of rotatable bonds is 4. The topological polar surface area (TPSA) is 41.1 Å². The van der Waals surface area contributed by atoms with E-state index in [0.29, 0.717) is 6.54 Å². The van der Waals surface area contributed by atoms with Gasteiger partial charge in [-0.2, -0.15) is 0 Å². The van der Waals surface area contributed by atoms with Crippen molar-refractivity contribution in [1.29, 1.82) is 0 Å². The number of halogens is 2. The zero-order valence-electron chi connectivity index (χ0n) is 9.18. The Hall–Kier alpha value is -1.49. The van der Waals surface area contributed by atoms with Gasteiger partial charge in [-0.3, -0.25) is 4.79 Å². The van der Waals surface area contributed by atoms with E-state index in [1.54, 1.807) is 14.0 Å². The van der Waals surface area contributed by atoms with E-state index in [0.717, 1.165) is 18.2 Å². The lowest BCUT2D eigenvalue weighted by atomic mass is 10.1. The average Bonchev–Trinajstić information content (AvgIpc) is 2.23. The quantitative estimate of drug-likeness (QED) is 0.824. The number of benzene rings is 1. The number of carbonyl (C=O) groups is 1. The molecule has 1 aromatic carbocycles. The minimum Gasteiger partial charge on any atom is -0.323 e. The molecule has 0 saturated carbocycles. The first-order valence-corrected chi connectivity index (χ1v) is 4.95. The predicted molar refractivity (Wildman–Crippen MR) is 58.1 cm³/mol. The van der Waals surface area contributed by atoms with Gasteiger partial charge < -0.3 is 10.6 Å². The molecular formula is C11H14F2N2O. The van der Waals surface area contributed by atoms with Crippen LogP contribution in [-0.2, 0) is 4.79 Å². The number of hydrogen-bond donors (Lipinski definition) is 2. The second kappa shape index (κ2) is 5.55. The van der Waals surface area contributed by atoms with Crippen molar-refractivity contribution >= 4 is 11.6 Å². The molecule has 0 radical (unpaired) electrons. The molecule has 1 unspecified atom stereocenters. The van der Waals surface area contributed by atoms with Crippen LogP contribution in [0.4, 0.5) is 14.5 Å². The molecule has 1 amide bonds. The van der Waals surface area contributed by atoms with Crippen molar-refractivity contribution in [3.8, 4) is 0 Å². The monoisotopic (exact) mass is 228 g/mol. The van der Waals surface area contributed by atoms with E-state index >= 15 is 0 Å². The zero-order valence-corrected chi connectivity index (χ0v) is 9.18. The molecule has 5 heteroatoms. The molecule has 0 aromatic heterocycles. The Bertz CT molecular complexity index is 382. The number of nitrogens with one attached hydrogen (secondary N) is 2. The average molecular weight is 228 g/mol. The Morgan fingerprint density at radius 3 is 2.75 bits per heavy atom. The van der Waals surface area contributed by atoms with Crippen LogP contribution in [0.1, 0.15) is 6.92 Å². The molecule has 0 heterocycles. The molecular weight excluding hydrogens is 214 g/mol. The summed E-state index contributed by atoms with van der Waals surface area (Å²) in [5, 5.41) is 5.17. The van der Waals surface area contributed by atoms with Crippen molar-refractivity contribution in [3.63, 3.8) is 0 Å². The lowest BCUT2D eigenvalue weighted by Gasteiger charge is -2.12. The molecule has 0 saturated heterocycles. The Labute approximate surface area is 92.8 Å². The van der Waals surface area contributed by atoms with Crippen LogP contribution >= 0.6 is 0 Å². The maximum atomic E-state index is 13.2. The van der Waals surface area contributed by atoms with Gasteiger partial charge in [0, 0.05) is 18.5 Å². The van der Waals surface area contributed by atoms with Gasteiger partial charge >= 0.3 is 0 Å². The van der Waals surface area contributed by atoms with Gasteiger partial charge in [0.15, 0.2) is 0 Å². The van der Waals surface area contributed by atoms with Gasteiger partial charge in [0.2, 0.25) is 5.91 Å². The number of hydrogen-bond acceptors (Lipinski definition) is 2. The van der Waals surface area contributed by atoms with E-state index in [9.17, 15) is 13.6 Å². The highest BCUT2D eigenvalue weighted by Gasteiger charge is 2.14. The first-order valence-electron chi connectivity index (χ1n) is 4.95. The van der Waals surface area contributed by atoms with Crippen LogP contribution in [0.2, 0.25) is 0 Å². The van der Waals surface area contributed by atoms with Crippen LogP contribution in [0.3, 0.4) is 0 Å². The van der Waals surface area contributed by atoms with Crippen molar-refractivity contribution in [1.82, 2.24) is 5.32 Å². The summed E-state index contributed by atoms with van der Waals surface area (Å²) in [6, 6.07) is 2.94. The molecule has 0 aliphatic rings. The van der Waals surface area contributed by atoms with Gasteiger partial charge in [0.1, 0.15) is 11.6 Å². The standard InChI is InChI=1S/C11H14F2N2O/c1-7(6-14-2)11(16)15-10-5-8(12)3-4-9(10)13/h3-5,7,14H,6H2,1-2H3,(H,15,16). The summed E-state index contributed by atoms with van der Waals surface area (Å²) in [6.45, 7) is 2.17. The SMILES string of the molecule is CNCC(C)C(=O)Nc1cc(F)ccc1F. The van der Waals surface area contributed by atoms with Gasteiger partial charge in [0.05, 0.1) is 5.69 Å². The van der Waals surface area contributed by atoms with Gasteiger partial charge in [-0.15, -0.1) is 0 Å². The second-order valence-electron chi connectivity index (χ2n) is 3.57. The number of carbonyl (C=O) groups excluding carboxylic acids is 1. The molecule has 0 fully saturated rings. The summed E-state index contributed by atoms with van der Waals surface area (Å²) in [7, 11) is 1.71. The highest BCUT2D eigenvalue weighted by molar-refractivity contribution is 5.92. The third-order valence-corrected chi connectivity index (χ3v) is 2.14. The van der Waals surface area contributed by atoms with Crippen molar-refractivity contribution in [2.24, 2.45) is 5.92 Å². The number of anilines is 1. The Kier molecular flexibility index (Phi) is 4.37. The lowest BCUT2D eigenvalue weighted by Crippen LogP contribution is -2.28. The molecule has 2 N–H and O–H groups in total. The molecule has 0 bridgehead atoms. The summed E-state index contributed by atoms with van der Waals surface area (Å²) in [5.74, 6) is -1.89. The van der Waals surface area contributed by atoms with Gasteiger partial charge in [-0.25, -0.2) is 8.78 Å². The Morgan fingerprint density at radius 1 is 1.44 bits per heavy atom. The largest absolute Gasteiger partial charge is 0.323 e. The van der Waals surface area contributed by atoms with E-state index in [4.69, 9.17) is 0 Å². The van der Waals surface area contributed by atoms with E-state index < -0.39 is 11.6 Å². The highest BCUT2D eigenvalue weighted by atomic mass is 19.1. The van der Waals surface area contributed by atoms with Crippen LogP contribution in [0.5, 0.6) is 0 Å². The molecule has 3 nitrogen and oxygen atoms in total. The Balaban J connectivity index is 2.72. The van der Waals surface area contributed by atoms with Gasteiger partial charge in [-0.05, 0) is 19.2 Å². The molecule has 1 aromatic rings. The van der Waals surface area contributed by atoms with E-state index in [2.05, 4.69) is 10.6 Å². The van der Waals surface area contributed by atoms with Crippen molar-refractivity contribution in [2.75, 3.05) is 18.9 Å². The van der Waals surface area contributed by atoms with Crippen LogP contribution in [0, 0.1) is 17.6 Å². The first-order chi connectivity index (χ1) is 7.54. The van der Waals surface area contributed by atoms with Crippen LogP contribution in [0.15, 0.2) is 18.2 Å². The summed E-state index contributed by atoms with van der Waals surface area (Å²) in [6.07, 6.45) is 0. The molecule has 88 valence electrons. The van der Waals surface area contributed by atoms with E-state index in [-0.39, 0.29) is 17.5 Å². The summed E-state index contributed by atoms with van der Waals surface area (Å²) >= 11 is 0. The maximum Gasteiger partial charge on any atom is 0.228 e. The Morgan fingerprint density at radius 2 is 2.12 bits per heavy atom. The minimum atomic E-state index is -0.647. The van der Waals surface area contributed by atoms with Crippen molar-refractivity contribution in [2.45, 2.75) is 6.92 Å². The summed E-state index contributed by atoms with van der Waals surface area (Å²) < 4.78 is 26.0. The molecule has 16 heavy (non-hydrogen) atoms. The highest BCUT2D eigenvalue weighted by Crippen LogP contribution is 2.15. The second-order valence-corrected chi connectivity index (χ2v) is 3.57. The van der Waals surface area contributed by atoms with Crippen LogP contribution < -0.4 is 10.6 Å². The first kappa shape index (κ1) is 12.6. The fourth-order valence-electron chi connectivity index (χ4n) is 1.25. The summed E-state index contributed by atoms with van der Waals surface area (Å²) in [5.41, 5.74) is -0.132. The van der Waals surface area contributed by atoms with Crippen LogP contribution in [-0.4, -0.2) is 19.5 Å². The maximum absolute atomic E-state index is 13.2. The molecule has 1 atom stereocenters. The van der Waals surface area contributed by atoms with E-state index in [1.165, 1.54) is 0 Å². The smallest absolute Gasteiger partial charge is 0.228 e. The molecule has 0 spiro atoms. The lowest BCUT2D eigenvalue weighted by molar-refractivity contribution is -0.119. The molecule has 0 aliphatic heterocycles. The summed E-state index contributed by atoms with van der Waals surface area (Å²) in [4.78, 5) is 11.5. The van der Waals surface area contributed by atoms with Crippen molar-refractivity contribution in [3.05, 3.63) is 29.8 Å². The predicted octanol–water partition coefficient (Wildman–Crippen LogP) is 1.76. The number of amides is 1. The normalized spacial score (nSPS) is 12.2. The third-order valence-electron chi connectivity index (χ3n) is 2.14. The molecule has 0 aliphatic carbocycles.